The zero-order valence-electron chi connectivity index (χ0n) is 11.4. The van der Waals surface area contributed by atoms with E-state index in [1.807, 2.05) is 12.1 Å². The molecule has 0 unspecified atom stereocenters. The number of imide groups is 1. The predicted octanol–water partition coefficient (Wildman–Crippen LogP) is 1.93. The lowest BCUT2D eigenvalue weighted by atomic mass is 9.74. The van der Waals surface area contributed by atoms with Gasteiger partial charge in [-0.1, -0.05) is 12.1 Å². The fraction of sp³-hybridized carbons (Fsp3) is 0.467. The van der Waals surface area contributed by atoms with Crippen LogP contribution in [0.4, 0.5) is 4.79 Å². The summed E-state index contributed by atoms with van der Waals surface area (Å²) in [6.45, 7) is 0. The number of carbonyl (C=O) groups excluding carboxylic acids is 2. The fourth-order valence-electron chi connectivity index (χ4n) is 3.22. The average Bonchev–Trinajstić information content (AvgIpc) is 2.74. The van der Waals surface area contributed by atoms with E-state index in [0.717, 1.165) is 18.6 Å². The largest absolute Gasteiger partial charge is 0.497 e. The Labute approximate surface area is 117 Å². The Hall–Kier alpha value is -2.04. The summed E-state index contributed by atoms with van der Waals surface area (Å²) in [5.41, 5.74) is 0.566. The number of benzene rings is 1. The highest BCUT2D eigenvalue weighted by atomic mass is 16.5. The molecule has 0 atom stereocenters. The molecule has 1 heterocycles. The van der Waals surface area contributed by atoms with Crippen LogP contribution in [-0.4, -0.2) is 24.6 Å². The van der Waals surface area contributed by atoms with E-state index in [9.17, 15) is 9.59 Å². The minimum Gasteiger partial charge on any atom is -0.497 e. The SMILES string of the molecule is COc1cccc([C@H]2CC[C@]3(CC2)NC(=O)NC3=O)c1. The third-order valence-electron chi connectivity index (χ3n) is 4.42. The molecule has 3 rings (SSSR count). The van der Waals surface area contributed by atoms with Gasteiger partial charge >= 0.3 is 6.03 Å². The van der Waals surface area contributed by atoms with Crippen molar-refractivity contribution in [1.29, 1.82) is 0 Å². The molecule has 2 N–H and O–H groups in total. The third kappa shape index (κ3) is 2.13. The number of carbonyl (C=O) groups is 2. The summed E-state index contributed by atoms with van der Waals surface area (Å²) in [5, 5.41) is 5.13. The first kappa shape index (κ1) is 13.0. The molecule has 20 heavy (non-hydrogen) atoms. The second-order valence-electron chi connectivity index (χ2n) is 5.54. The first-order valence-corrected chi connectivity index (χ1v) is 6.90. The summed E-state index contributed by atoms with van der Waals surface area (Å²) >= 11 is 0. The summed E-state index contributed by atoms with van der Waals surface area (Å²) < 4.78 is 5.25. The van der Waals surface area contributed by atoms with Gasteiger partial charge in [0.15, 0.2) is 0 Å². The molecule has 106 valence electrons. The molecule has 1 aromatic rings. The second-order valence-corrected chi connectivity index (χ2v) is 5.54. The van der Waals surface area contributed by atoms with Gasteiger partial charge in [0.2, 0.25) is 0 Å². The van der Waals surface area contributed by atoms with E-state index in [1.165, 1.54) is 5.56 Å². The number of urea groups is 1. The first-order valence-electron chi connectivity index (χ1n) is 6.90. The van der Waals surface area contributed by atoms with Crippen molar-refractivity contribution in [3.8, 4) is 5.75 Å². The Balaban J connectivity index is 1.72. The van der Waals surface area contributed by atoms with E-state index in [1.54, 1.807) is 7.11 Å². The van der Waals surface area contributed by atoms with E-state index in [2.05, 4.69) is 22.8 Å². The molecule has 1 saturated heterocycles. The Kier molecular flexibility index (Phi) is 3.12. The van der Waals surface area contributed by atoms with Crippen LogP contribution in [0.15, 0.2) is 24.3 Å². The van der Waals surface area contributed by atoms with Crippen molar-refractivity contribution >= 4 is 11.9 Å². The van der Waals surface area contributed by atoms with E-state index >= 15 is 0 Å². The van der Waals surface area contributed by atoms with Gasteiger partial charge in [0.1, 0.15) is 11.3 Å². The molecule has 2 fully saturated rings. The molecule has 5 nitrogen and oxygen atoms in total. The average molecular weight is 274 g/mol. The molecule has 0 radical (unpaired) electrons. The summed E-state index contributed by atoms with van der Waals surface area (Å²) in [5.74, 6) is 1.10. The standard InChI is InChI=1S/C15H18N2O3/c1-20-12-4-2-3-11(9-12)10-5-7-15(8-6-10)13(18)16-14(19)17-15/h2-4,9-10H,5-8H2,1H3,(H2,16,17,18,19)/t10-,15+. The Bertz CT molecular complexity index is 548. The molecule has 5 heteroatoms. The maximum absolute atomic E-state index is 11.9. The molecule has 1 saturated carbocycles. The van der Waals surface area contributed by atoms with Crippen molar-refractivity contribution in [2.45, 2.75) is 37.1 Å². The number of methoxy groups -OCH3 is 1. The lowest BCUT2D eigenvalue weighted by Crippen LogP contribution is -2.49. The topological polar surface area (TPSA) is 67.4 Å². The number of hydrogen-bond acceptors (Lipinski definition) is 3. The molecule has 1 spiro atoms. The molecule has 0 aromatic heterocycles. The normalized spacial score (nSPS) is 29.1. The van der Waals surface area contributed by atoms with Gasteiger partial charge in [0, 0.05) is 0 Å². The summed E-state index contributed by atoms with van der Waals surface area (Å²) in [6.07, 6.45) is 3.15. The van der Waals surface area contributed by atoms with Crippen LogP contribution in [-0.2, 0) is 4.79 Å². The summed E-state index contributed by atoms with van der Waals surface area (Å²) in [4.78, 5) is 23.2. The van der Waals surface area contributed by atoms with Crippen LogP contribution in [0.3, 0.4) is 0 Å². The highest BCUT2D eigenvalue weighted by Crippen LogP contribution is 2.39. The summed E-state index contributed by atoms with van der Waals surface area (Å²) in [6, 6.07) is 7.70. The molecule has 1 aliphatic carbocycles. The van der Waals surface area contributed by atoms with Gasteiger partial charge < -0.3 is 10.1 Å². The number of hydrogen-bond donors (Lipinski definition) is 2. The quantitative estimate of drug-likeness (QED) is 0.810. The zero-order valence-corrected chi connectivity index (χ0v) is 11.4. The predicted molar refractivity (Wildman–Crippen MR) is 73.6 cm³/mol. The van der Waals surface area contributed by atoms with Crippen molar-refractivity contribution < 1.29 is 14.3 Å². The van der Waals surface area contributed by atoms with Gasteiger partial charge in [-0.3, -0.25) is 10.1 Å². The van der Waals surface area contributed by atoms with Crippen molar-refractivity contribution in [3.63, 3.8) is 0 Å². The fourth-order valence-corrected chi connectivity index (χ4v) is 3.22. The molecule has 1 aromatic carbocycles. The van der Waals surface area contributed by atoms with Gasteiger partial charge in [-0.2, -0.15) is 0 Å². The number of nitrogens with one attached hydrogen (secondary N) is 2. The van der Waals surface area contributed by atoms with Crippen LogP contribution in [0.2, 0.25) is 0 Å². The maximum Gasteiger partial charge on any atom is 0.322 e. The highest BCUT2D eigenvalue weighted by Gasteiger charge is 2.48. The van der Waals surface area contributed by atoms with E-state index in [0.29, 0.717) is 18.8 Å². The third-order valence-corrected chi connectivity index (χ3v) is 4.42. The molecule has 0 bridgehead atoms. The second kappa shape index (κ2) is 4.81. The van der Waals surface area contributed by atoms with E-state index in [4.69, 9.17) is 4.74 Å². The van der Waals surface area contributed by atoms with Crippen LogP contribution in [0.1, 0.15) is 37.2 Å². The van der Waals surface area contributed by atoms with Crippen LogP contribution in [0, 0.1) is 0 Å². The smallest absolute Gasteiger partial charge is 0.322 e. The molecular weight excluding hydrogens is 256 g/mol. The van der Waals surface area contributed by atoms with Gasteiger partial charge in [-0.25, -0.2) is 4.79 Å². The van der Waals surface area contributed by atoms with Crippen LogP contribution >= 0.6 is 0 Å². The highest BCUT2D eigenvalue weighted by molar-refractivity contribution is 6.07. The maximum atomic E-state index is 11.9. The van der Waals surface area contributed by atoms with Crippen molar-refractivity contribution in [2.75, 3.05) is 7.11 Å². The number of amides is 3. The molecule has 1 aliphatic heterocycles. The van der Waals surface area contributed by atoms with Crippen LogP contribution in [0.5, 0.6) is 5.75 Å². The van der Waals surface area contributed by atoms with Crippen LogP contribution in [0.25, 0.3) is 0 Å². The van der Waals surface area contributed by atoms with E-state index < -0.39 is 5.54 Å². The van der Waals surface area contributed by atoms with Gasteiger partial charge in [0.25, 0.3) is 5.91 Å². The lowest BCUT2D eigenvalue weighted by Gasteiger charge is -2.34. The minimum absolute atomic E-state index is 0.174. The first-order chi connectivity index (χ1) is 9.63. The van der Waals surface area contributed by atoms with Gasteiger partial charge in [-0.05, 0) is 49.3 Å². The Morgan fingerprint density at radius 3 is 2.60 bits per heavy atom. The van der Waals surface area contributed by atoms with Crippen molar-refractivity contribution in [3.05, 3.63) is 29.8 Å². The Morgan fingerprint density at radius 1 is 1.25 bits per heavy atom. The molecule has 2 aliphatic rings. The van der Waals surface area contributed by atoms with Crippen molar-refractivity contribution in [1.82, 2.24) is 10.6 Å². The van der Waals surface area contributed by atoms with Gasteiger partial charge in [-0.15, -0.1) is 0 Å². The minimum atomic E-state index is -0.674. The van der Waals surface area contributed by atoms with Gasteiger partial charge in [0.05, 0.1) is 7.11 Å². The Morgan fingerprint density at radius 2 is 2.00 bits per heavy atom. The number of ether oxygens (including phenoxy) is 1. The van der Waals surface area contributed by atoms with Crippen molar-refractivity contribution in [2.24, 2.45) is 0 Å². The molecule has 3 amide bonds. The monoisotopic (exact) mass is 274 g/mol. The van der Waals surface area contributed by atoms with E-state index in [-0.39, 0.29) is 11.9 Å². The summed E-state index contributed by atoms with van der Waals surface area (Å²) in [7, 11) is 1.66. The van der Waals surface area contributed by atoms with Crippen LogP contribution < -0.4 is 15.4 Å². The lowest BCUT2D eigenvalue weighted by molar-refractivity contribution is -0.125. The molecular formula is C15H18N2O3. The number of rotatable bonds is 2. The zero-order chi connectivity index (χ0) is 14.2.